The van der Waals surface area contributed by atoms with Crippen LogP contribution in [0.3, 0.4) is 0 Å². The number of fused-ring (bicyclic) bond motifs is 3. The van der Waals surface area contributed by atoms with Gasteiger partial charge in [-0.1, -0.05) is 107 Å². The van der Waals surface area contributed by atoms with Crippen molar-refractivity contribution in [1.82, 2.24) is 0 Å². The van der Waals surface area contributed by atoms with Crippen molar-refractivity contribution in [2.24, 2.45) is 0 Å². The van der Waals surface area contributed by atoms with Gasteiger partial charge < -0.3 is 4.42 Å². The van der Waals surface area contributed by atoms with Crippen molar-refractivity contribution in [2.75, 3.05) is 0 Å². The molecule has 0 fully saturated rings. The fourth-order valence-corrected chi connectivity index (χ4v) is 5.15. The van der Waals surface area contributed by atoms with Crippen LogP contribution in [-0.4, -0.2) is 0 Å². The van der Waals surface area contributed by atoms with Crippen molar-refractivity contribution in [3.8, 4) is 11.1 Å². The molecule has 0 saturated heterocycles. The van der Waals surface area contributed by atoms with E-state index >= 15 is 4.39 Å². The molecule has 3 aromatic carbocycles. The molecule has 0 aliphatic heterocycles. The monoisotopic (exact) mass is 488 g/mol. The molecule has 0 aliphatic carbocycles. The highest BCUT2D eigenvalue weighted by molar-refractivity contribution is 7.71. The first-order chi connectivity index (χ1) is 17.1. The van der Waals surface area contributed by atoms with Crippen molar-refractivity contribution >= 4 is 34.0 Å². The molecule has 1 heterocycles. The summed E-state index contributed by atoms with van der Waals surface area (Å²) in [5.41, 5.74) is 4.62. The molecule has 0 aliphatic rings. The normalized spacial score (nSPS) is 11.5. The third-order valence-electron chi connectivity index (χ3n) is 7.06. The molecule has 35 heavy (non-hydrogen) atoms. The molecule has 4 rings (SSSR count). The highest BCUT2D eigenvalue weighted by atomic mass is 32.1. The number of halogens is 1. The molecular formula is C32H37FOS. The summed E-state index contributed by atoms with van der Waals surface area (Å²) in [4.78, 5) is 0. The Kier molecular flexibility index (Phi) is 9.09. The number of hydrogen-bond acceptors (Lipinski definition) is 2. The lowest BCUT2D eigenvalue weighted by Gasteiger charge is -2.10. The van der Waals surface area contributed by atoms with Crippen LogP contribution in [0.5, 0.6) is 0 Å². The molecular weight excluding hydrogens is 451 g/mol. The minimum absolute atomic E-state index is 0.274. The highest BCUT2D eigenvalue weighted by Gasteiger charge is 2.14. The molecule has 1 aromatic heterocycles. The van der Waals surface area contributed by atoms with Gasteiger partial charge in [0.05, 0.1) is 0 Å². The zero-order valence-corrected chi connectivity index (χ0v) is 22.0. The number of unbranched alkanes of at least 4 members (excludes halogenated alkanes) is 7. The SMILES string of the molecule is CCCCCCCCCc1ccc(-c2ccc3c(c2)c(=S)oc2c(F)c(CCCC)ccc23)cc1. The van der Waals surface area contributed by atoms with Gasteiger partial charge in [0.25, 0.3) is 0 Å². The van der Waals surface area contributed by atoms with Gasteiger partial charge in [-0.2, -0.15) is 0 Å². The van der Waals surface area contributed by atoms with Gasteiger partial charge in [0.2, 0.25) is 0 Å². The van der Waals surface area contributed by atoms with E-state index in [0.717, 1.165) is 46.5 Å². The van der Waals surface area contributed by atoms with Crippen LogP contribution in [0.2, 0.25) is 0 Å². The quantitative estimate of drug-likeness (QED) is 0.112. The number of rotatable bonds is 12. The number of aryl methyl sites for hydroxylation is 2. The zero-order valence-electron chi connectivity index (χ0n) is 21.2. The maximum Gasteiger partial charge on any atom is 0.198 e. The Morgan fingerprint density at radius 1 is 0.657 bits per heavy atom. The van der Waals surface area contributed by atoms with Gasteiger partial charge >= 0.3 is 0 Å². The molecule has 0 amide bonds. The van der Waals surface area contributed by atoms with E-state index in [1.165, 1.54) is 50.5 Å². The smallest absolute Gasteiger partial charge is 0.198 e. The molecule has 0 unspecified atom stereocenters. The minimum atomic E-state index is -0.274. The summed E-state index contributed by atoms with van der Waals surface area (Å²) >= 11 is 5.56. The van der Waals surface area contributed by atoms with Crippen LogP contribution in [0.1, 0.15) is 82.8 Å². The van der Waals surface area contributed by atoms with E-state index in [1.54, 1.807) is 0 Å². The average molecular weight is 489 g/mol. The molecule has 3 heteroatoms. The molecule has 0 radical (unpaired) electrons. The summed E-state index contributed by atoms with van der Waals surface area (Å²) < 4.78 is 21.3. The summed E-state index contributed by atoms with van der Waals surface area (Å²) in [6, 6.07) is 19.0. The standard InChI is InChI=1S/C32H37FOS/c1-3-5-7-8-9-10-11-12-23-14-16-24(17-15-23)26-19-20-27-28-21-18-25(13-6-4-2)30(33)31(28)34-32(35)29(27)22-26/h14-22H,3-13H2,1-2H3. The summed E-state index contributed by atoms with van der Waals surface area (Å²) in [6.45, 7) is 4.37. The Bertz CT molecular complexity index is 1320. The predicted octanol–water partition coefficient (Wildman–Crippen LogP) is 10.8. The van der Waals surface area contributed by atoms with Crippen LogP contribution in [0.15, 0.2) is 59.0 Å². The van der Waals surface area contributed by atoms with E-state index in [2.05, 4.69) is 56.3 Å². The van der Waals surface area contributed by atoms with E-state index in [-0.39, 0.29) is 11.4 Å². The second kappa shape index (κ2) is 12.4. The fourth-order valence-electron chi connectivity index (χ4n) is 4.89. The Hall–Kier alpha value is -2.52. The maximum atomic E-state index is 15.1. The lowest BCUT2D eigenvalue weighted by Crippen LogP contribution is -1.93. The summed E-state index contributed by atoms with van der Waals surface area (Å²) in [5, 5.41) is 2.58. The van der Waals surface area contributed by atoms with Crippen molar-refractivity contribution < 1.29 is 8.81 Å². The van der Waals surface area contributed by atoms with Crippen LogP contribution in [0.25, 0.3) is 32.9 Å². The molecule has 4 aromatic rings. The van der Waals surface area contributed by atoms with Gasteiger partial charge in [0, 0.05) is 10.8 Å². The summed E-state index contributed by atoms with van der Waals surface area (Å²) in [6.07, 6.45) is 13.2. The lowest BCUT2D eigenvalue weighted by molar-refractivity contribution is 0.537. The lowest BCUT2D eigenvalue weighted by atomic mass is 9.97. The molecule has 0 N–H and O–H groups in total. The topological polar surface area (TPSA) is 13.1 Å². The summed E-state index contributed by atoms with van der Waals surface area (Å²) in [5.74, 6) is -0.274. The van der Waals surface area contributed by atoms with E-state index in [4.69, 9.17) is 16.6 Å². The second-order valence-corrected chi connectivity index (χ2v) is 10.1. The third-order valence-corrected chi connectivity index (χ3v) is 7.36. The average Bonchev–Trinajstić information content (AvgIpc) is 2.88. The van der Waals surface area contributed by atoms with Crippen LogP contribution in [0, 0.1) is 10.5 Å². The summed E-state index contributed by atoms with van der Waals surface area (Å²) in [7, 11) is 0. The molecule has 1 nitrogen and oxygen atoms in total. The maximum absolute atomic E-state index is 15.1. The van der Waals surface area contributed by atoms with Gasteiger partial charge in [-0.25, -0.2) is 4.39 Å². The highest BCUT2D eigenvalue weighted by Crippen LogP contribution is 2.33. The van der Waals surface area contributed by atoms with Crippen molar-refractivity contribution in [1.29, 1.82) is 0 Å². The Balaban J connectivity index is 1.51. The van der Waals surface area contributed by atoms with E-state index in [1.807, 2.05) is 12.1 Å². The van der Waals surface area contributed by atoms with Gasteiger partial charge in [0.15, 0.2) is 16.1 Å². The molecule has 0 bridgehead atoms. The number of hydrogen-bond donors (Lipinski definition) is 0. The largest absolute Gasteiger partial charge is 0.441 e. The van der Waals surface area contributed by atoms with Gasteiger partial charge in [0.1, 0.15) is 0 Å². The van der Waals surface area contributed by atoms with Crippen LogP contribution < -0.4 is 0 Å². The van der Waals surface area contributed by atoms with E-state index < -0.39 is 0 Å². The van der Waals surface area contributed by atoms with E-state index in [9.17, 15) is 0 Å². The van der Waals surface area contributed by atoms with Crippen LogP contribution in [-0.2, 0) is 12.8 Å². The number of benzene rings is 3. The van der Waals surface area contributed by atoms with Gasteiger partial charge in [-0.05, 0) is 71.6 Å². The van der Waals surface area contributed by atoms with Crippen molar-refractivity contribution in [3.63, 3.8) is 0 Å². The van der Waals surface area contributed by atoms with E-state index in [0.29, 0.717) is 16.7 Å². The molecule has 0 spiro atoms. The Labute approximate surface area is 214 Å². The van der Waals surface area contributed by atoms with Crippen LogP contribution >= 0.6 is 12.2 Å². The molecule has 0 atom stereocenters. The second-order valence-electron chi connectivity index (χ2n) is 9.74. The van der Waals surface area contributed by atoms with Gasteiger partial charge in [-0.3, -0.25) is 0 Å². The minimum Gasteiger partial charge on any atom is -0.441 e. The predicted molar refractivity (Wildman–Crippen MR) is 150 cm³/mol. The van der Waals surface area contributed by atoms with Crippen molar-refractivity contribution in [3.05, 3.63) is 76.2 Å². The first-order valence-electron chi connectivity index (χ1n) is 13.4. The fraction of sp³-hybridized carbons (Fsp3) is 0.406. The molecule has 184 valence electrons. The third kappa shape index (κ3) is 6.19. The van der Waals surface area contributed by atoms with Gasteiger partial charge in [-0.15, -0.1) is 0 Å². The Morgan fingerprint density at radius 2 is 1.31 bits per heavy atom. The first-order valence-corrected chi connectivity index (χ1v) is 13.8. The van der Waals surface area contributed by atoms with Crippen LogP contribution in [0.4, 0.5) is 4.39 Å². The zero-order chi connectivity index (χ0) is 24.6. The Morgan fingerprint density at radius 3 is 2.06 bits per heavy atom. The first kappa shape index (κ1) is 25.6. The van der Waals surface area contributed by atoms with Crippen molar-refractivity contribution in [2.45, 2.75) is 84.5 Å². The molecule has 0 saturated carbocycles.